The predicted octanol–water partition coefficient (Wildman–Crippen LogP) is 2.14. The number of nitrogens with one attached hydrogen (secondary N) is 1. The number of aromatic nitrogens is 3. The van der Waals surface area contributed by atoms with Gasteiger partial charge in [0.1, 0.15) is 28.3 Å². The second kappa shape index (κ2) is 7.86. The molecular formula is C22H18N4O5. The summed E-state index contributed by atoms with van der Waals surface area (Å²) in [5, 5.41) is 0.211. The van der Waals surface area contributed by atoms with Gasteiger partial charge in [0, 0.05) is 17.8 Å². The maximum absolute atomic E-state index is 12.8. The molecule has 0 atom stereocenters. The lowest BCUT2D eigenvalue weighted by molar-refractivity contribution is 0.0997. The third kappa shape index (κ3) is 3.68. The van der Waals surface area contributed by atoms with Crippen molar-refractivity contribution in [3.8, 4) is 11.5 Å². The van der Waals surface area contributed by atoms with Crippen LogP contribution in [0.2, 0.25) is 0 Å². The van der Waals surface area contributed by atoms with Crippen LogP contribution in [0.3, 0.4) is 0 Å². The van der Waals surface area contributed by atoms with E-state index in [2.05, 4.69) is 15.0 Å². The number of carbonyl (C=O) groups excluding carboxylic acids is 2. The summed E-state index contributed by atoms with van der Waals surface area (Å²) in [6, 6.07) is 11.2. The van der Waals surface area contributed by atoms with Crippen LogP contribution in [-0.2, 0) is 0 Å². The standard InChI is InChI=1S/C22H18N4O5/c1-12(27)16-11-17-20(23-18-6-4-5-7-26(18)22(17)29)24-19(16)25-21(28)13-8-14(30-2)10-15(9-13)31-3/h4-11H,1-3H3,(H,24,25,28). The number of fused-ring (bicyclic) bond motifs is 2. The lowest BCUT2D eigenvalue weighted by atomic mass is 10.1. The molecule has 0 unspecified atom stereocenters. The Labute approximate surface area is 175 Å². The Morgan fingerprint density at radius 3 is 2.42 bits per heavy atom. The van der Waals surface area contributed by atoms with Crippen LogP contribution in [0.1, 0.15) is 27.6 Å². The summed E-state index contributed by atoms with van der Waals surface area (Å²) in [5.41, 5.74) is 0.627. The highest BCUT2D eigenvalue weighted by Gasteiger charge is 2.14. The van der Waals surface area contributed by atoms with Crippen molar-refractivity contribution in [2.24, 2.45) is 4.99 Å². The summed E-state index contributed by atoms with van der Waals surface area (Å²) < 4.78 is 11.8. The fraction of sp³-hybridized carbons (Fsp3) is 0.136. The average molecular weight is 418 g/mol. The zero-order valence-corrected chi connectivity index (χ0v) is 17.0. The van der Waals surface area contributed by atoms with Gasteiger partial charge in [-0.05, 0) is 37.3 Å². The van der Waals surface area contributed by atoms with Gasteiger partial charge in [-0.15, -0.1) is 0 Å². The second-order valence-electron chi connectivity index (χ2n) is 6.71. The second-order valence-corrected chi connectivity index (χ2v) is 6.71. The van der Waals surface area contributed by atoms with Crippen LogP contribution < -0.4 is 20.5 Å². The van der Waals surface area contributed by atoms with E-state index >= 15 is 0 Å². The van der Waals surface area contributed by atoms with E-state index in [9.17, 15) is 14.4 Å². The highest BCUT2D eigenvalue weighted by atomic mass is 16.5. The number of methoxy groups -OCH3 is 2. The van der Waals surface area contributed by atoms with Crippen molar-refractivity contribution in [2.75, 3.05) is 14.2 Å². The maximum atomic E-state index is 12.8. The minimum atomic E-state index is -0.618. The summed E-state index contributed by atoms with van der Waals surface area (Å²) in [4.78, 5) is 49.3. The third-order valence-electron chi connectivity index (χ3n) is 4.74. The van der Waals surface area contributed by atoms with Crippen molar-refractivity contribution in [3.05, 3.63) is 75.6 Å². The SMILES string of the molecule is COc1cc(OC)cc(C(=O)/N=c2\[nH]c3nc4ccccn4c(=O)c3cc2C(C)=O)c1. The Morgan fingerprint density at radius 2 is 1.77 bits per heavy atom. The fourth-order valence-corrected chi connectivity index (χ4v) is 3.17. The molecular weight excluding hydrogens is 400 g/mol. The zero-order valence-electron chi connectivity index (χ0n) is 17.0. The zero-order chi connectivity index (χ0) is 22.1. The molecule has 0 saturated heterocycles. The highest BCUT2D eigenvalue weighted by Crippen LogP contribution is 2.23. The molecule has 0 spiro atoms. The first-order valence-electron chi connectivity index (χ1n) is 9.29. The summed E-state index contributed by atoms with van der Waals surface area (Å²) >= 11 is 0. The maximum Gasteiger partial charge on any atom is 0.279 e. The van der Waals surface area contributed by atoms with Crippen LogP contribution in [0, 0.1) is 0 Å². The number of nitrogens with zero attached hydrogens (tertiary/aromatic N) is 3. The van der Waals surface area contributed by atoms with Crippen molar-refractivity contribution in [3.63, 3.8) is 0 Å². The Morgan fingerprint density at radius 1 is 1.06 bits per heavy atom. The molecule has 9 nitrogen and oxygen atoms in total. The third-order valence-corrected chi connectivity index (χ3v) is 4.74. The van der Waals surface area contributed by atoms with Gasteiger partial charge in [0.15, 0.2) is 5.78 Å². The van der Waals surface area contributed by atoms with Gasteiger partial charge in [-0.3, -0.25) is 18.8 Å². The van der Waals surface area contributed by atoms with Gasteiger partial charge >= 0.3 is 0 Å². The largest absolute Gasteiger partial charge is 0.497 e. The van der Waals surface area contributed by atoms with Gasteiger partial charge in [-0.25, -0.2) is 4.98 Å². The lowest BCUT2D eigenvalue weighted by Crippen LogP contribution is -2.24. The van der Waals surface area contributed by atoms with Gasteiger partial charge in [-0.1, -0.05) is 6.07 Å². The fourth-order valence-electron chi connectivity index (χ4n) is 3.17. The van der Waals surface area contributed by atoms with Crippen molar-refractivity contribution in [1.29, 1.82) is 0 Å². The molecule has 0 bridgehead atoms. The molecule has 156 valence electrons. The first-order chi connectivity index (χ1) is 14.9. The van der Waals surface area contributed by atoms with E-state index in [1.165, 1.54) is 43.7 Å². The molecule has 9 heteroatoms. The Kier molecular flexibility index (Phi) is 5.08. The van der Waals surface area contributed by atoms with E-state index in [1.54, 1.807) is 30.5 Å². The van der Waals surface area contributed by atoms with E-state index in [-0.39, 0.29) is 39.0 Å². The molecule has 0 aliphatic carbocycles. The van der Waals surface area contributed by atoms with Crippen molar-refractivity contribution in [1.82, 2.24) is 14.4 Å². The van der Waals surface area contributed by atoms with Crippen LogP contribution in [0.25, 0.3) is 16.7 Å². The van der Waals surface area contributed by atoms with Gasteiger partial charge in [0.05, 0.1) is 25.2 Å². The predicted molar refractivity (Wildman–Crippen MR) is 113 cm³/mol. The first kappa shape index (κ1) is 20.0. The molecule has 31 heavy (non-hydrogen) atoms. The van der Waals surface area contributed by atoms with E-state index in [0.717, 1.165) is 0 Å². The molecule has 3 aromatic heterocycles. The van der Waals surface area contributed by atoms with Gasteiger partial charge < -0.3 is 14.5 Å². The van der Waals surface area contributed by atoms with Crippen molar-refractivity contribution >= 4 is 28.4 Å². The van der Waals surface area contributed by atoms with Crippen LogP contribution in [0.15, 0.2) is 58.4 Å². The molecule has 0 saturated carbocycles. The molecule has 0 fully saturated rings. The number of rotatable bonds is 4. The van der Waals surface area contributed by atoms with Gasteiger partial charge in [0.2, 0.25) is 0 Å². The molecule has 4 aromatic rings. The number of H-pyrrole nitrogens is 1. The number of benzene rings is 1. The molecule has 0 aliphatic rings. The van der Waals surface area contributed by atoms with Crippen LogP contribution in [0.5, 0.6) is 11.5 Å². The Bertz CT molecular complexity index is 1460. The number of ketones is 1. The number of ether oxygens (including phenoxy) is 2. The molecule has 1 N–H and O–H groups in total. The number of carbonyl (C=O) groups is 2. The summed E-state index contributed by atoms with van der Waals surface area (Å²) in [6.07, 6.45) is 1.59. The normalized spacial score (nSPS) is 11.6. The van der Waals surface area contributed by atoms with E-state index in [1.807, 2.05) is 0 Å². The number of Topliss-reactive ketones (excluding diaryl/α,β-unsaturated/α-hetero) is 1. The molecule has 0 radical (unpaired) electrons. The lowest BCUT2D eigenvalue weighted by Gasteiger charge is -2.07. The minimum absolute atomic E-state index is 0.0129. The molecule has 4 rings (SSSR count). The summed E-state index contributed by atoms with van der Waals surface area (Å²) in [7, 11) is 2.94. The van der Waals surface area contributed by atoms with E-state index < -0.39 is 5.91 Å². The van der Waals surface area contributed by atoms with Crippen LogP contribution >= 0.6 is 0 Å². The number of pyridine rings is 2. The summed E-state index contributed by atoms with van der Waals surface area (Å²) in [6.45, 7) is 1.33. The van der Waals surface area contributed by atoms with Crippen molar-refractivity contribution in [2.45, 2.75) is 6.92 Å². The first-order valence-corrected chi connectivity index (χ1v) is 9.29. The number of amides is 1. The molecule has 1 amide bonds. The number of hydrogen-bond donors (Lipinski definition) is 1. The summed E-state index contributed by atoms with van der Waals surface area (Å²) in [5.74, 6) is -0.125. The highest BCUT2D eigenvalue weighted by molar-refractivity contribution is 5.99. The van der Waals surface area contributed by atoms with E-state index in [0.29, 0.717) is 17.1 Å². The smallest absolute Gasteiger partial charge is 0.279 e. The number of aromatic amines is 1. The van der Waals surface area contributed by atoms with Crippen molar-refractivity contribution < 1.29 is 19.1 Å². The van der Waals surface area contributed by atoms with Gasteiger partial charge in [0.25, 0.3) is 11.5 Å². The Hall–Kier alpha value is -4.27. The van der Waals surface area contributed by atoms with Crippen LogP contribution in [-0.4, -0.2) is 40.3 Å². The average Bonchev–Trinajstić information content (AvgIpc) is 2.78. The minimum Gasteiger partial charge on any atom is -0.497 e. The molecule has 0 aliphatic heterocycles. The van der Waals surface area contributed by atoms with Gasteiger partial charge in [-0.2, -0.15) is 4.99 Å². The number of hydrogen-bond acceptors (Lipinski definition) is 6. The monoisotopic (exact) mass is 418 g/mol. The quantitative estimate of drug-likeness (QED) is 0.401. The topological polar surface area (TPSA) is 115 Å². The van der Waals surface area contributed by atoms with Crippen LogP contribution in [0.4, 0.5) is 0 Å². The Balaban J connectivity index is 1.96. The molecule has 1 aromatic carbocycles. The molecule has 3 heterocycles. The van der Waals surface area contributed by atoms with E-state index in [4.69, 9.17) is 9.47 Å².